The predicted molar refractivity (Wildman–Crippen MR) is 74.1 cm³/mol. The van der Waals surface area contributed by atoms with E-state index in [4.69, 9.17) is 5.11 Å². The van der Waals surface area contributed by atoms with Crippen LogP contribution in [0.25, 0.3) is 6.08 Å². The molecule has 0 spiro atoms. The van der Waals surface area contributed by atoms with E-state index in [2.05, 4.69) is 0 Å². The smallest absolute Gasteiger partial charge is 0.328 e. The summed E-state index contributed by atoms with van der Waals surface area (Å²) >= 11 is 0. The molecular formula is C15H15NO4. The van der Waals surface area contributed by atoms with E-state index in [-0.39, 0.29) is 24.2 Å². The summed E-state index contributed by atoms with van der Waals surface area (Å²) in [6.07, 6.45) is 2.68. The number of aliphatic carboxylic acids is 1. The molecule has 1 fully saturated rings. The van der Waals surface area contributed by atoms with E-state index in [0.717, 1.165) is 11.6 Å². The number of rotatable bonds is 3. The van der Waals surface area contributed by atoms with Gasteiger partial charge < -0.3 is 5.11 Å². The SMILES string of the molecule is Cc1cc(/C=C/C(=O)O)cc(N2C(=O)CC(C)C2=O)c1. The molecule has 0 saturated carbocycles. The van der Waals surface area contributed by atoms with Crippen LogP contribution in [0.1, 0.15) is 24.5 Å². The number of carboxylic acid groups (broad SMARTS) is 1. The zero-order valence-electron chi connectivity index (χ0n) is 11.3. The normalized spacial score (nSPS) is 19.1. The van der Waals surface area contributed by atoms with Crippen LogP contribution in [-0.4, -0.2) is 22.9 Å². The number of carbonyl (C=O) groups excluding carboxylic acids is 2. The topological polar surface area (TPSA) is 74.7 Å². The van der Waals surface area contributed by atoms with Crippen molar-refractivity contribution in [3.05, 3.63) is 35.4 Å². The quantitative estimate of drug-likeness (QED) is 0.675. The number of anilines is 1. The van der Waals surface area contributed by atoms with Crippen molar-refractivity contribution in [2.75, 3.05) is 4.90 Å². The summed E-state index contributed by atoms with van der Waals surface area (Å²) in [7, 11) is 0. The van der Waals surface area contributed by atoms with Crippen LogP contribution in [0.15, 0.2) is 24.3 Å². The average molecular weight is 273 g/mol. The van der Waals surface area contributed by atoms with E-state index in [1.165, 1.54) is 11.0 Å². The molecule has 1 atom stereocenters. The van der Waals surface area contributed by atoms with Crippen LogP contribution in [0.4, 0.5) is 5.69 Å². The van der Waals surface area contributed by atoms with Gasteiger partial charge in [-0.2, -0.15) is 0 Å². The lowest BCUT2D eigenvalue weighted by Gasteiger charge is -2.16. The van der Waals surface area contributed by atoms with Crippen LogP contribution in [0, 0.1) is 12.8 Å². The fourth-order valence-corrected chi connectivity index (χ4v) is 2.24. The van der Waals surface area contributed by atoms with E-state index in [0.29, 0.717) is 11.3 Å². The summed E-state index contributed by atoms with van der Waals surface area (Å²) in [6, 6.07) is 5.17. The van der Waals surface area contributed by atoms with Gasteiger partial charge in [0.2, 0.25) is 11.8 Å². The molecule has 1 unspecified atom stereocenters. The Morgan fingerprint density at radius 3 is 2.60 bits per heavy atom. The van der Waals surface area contributed by atoms with Gasteiger partial charge in [-0.25, -0.2) is 4.79 Å². The maximum Gasteiger partial charge on any atom is 0.328 e. The lowest BCUT2D eigenvalue weighted by molar-refractivity contribution is -0.131. The second-order valence-electron chi connectivity index (χ2n) is 4.95. The van der Waals surface area contributed by atoms with E-state index >= 15 is 0 Å². The zero-order chi connectivity index (χ0) is 14.9. The highest BCUT2D eigenvalue weighted by atomic mass is 16.4. The third-order valence-electron chi connectivity index (χ3n) is 3.13. The molecule has 104 valence electrons. The Balaban J connectivity index is 2.40. The monoisotopic (exact) mass is 273 g/mol. The number of benzene rings is 1. The molecular weight excluding hydrogens is 258 g/mol. The molecule has 0 bridgehead atoms. The lowest BCUT2D eigenvalue weighted by atomic mass is 10.1. The van der Waals surface area contributed by atoms with Gasteiger partial charge in [-0.05, 0) is 36.3 Å². The van der Waals surface area contributed by atoms with Crippen molar-refractivity contribution < 1.29 is 19.5 Å². The van der Waals surface area contributed by atoms with Crippen molar-refractivity contribution in [2.24, 2.45) is 5.92 Å². The van der Waals surface area contributed by atoms with Crippen molar-refractivity contribution in [1.29, 1.82) is 0 Å². The number of nitrogens with zero attached hydrogens (tertiary/aromatic N) is 1. The summed E-state index contributed by atoms with van der Waals surface area (Å²) < 4.78 is 0. The number of hydrogen-bond acceptors (Lipinski definition) is 3. The van der Waals surface area contributed by atoms with Gasteiger partial charge >= 0.3 is 5.97 Å². The first kappa shape index (κ1) is 14.0. The van der Waals surface area contributed by atoms with Crippen LogP contribution >= 0.6 is 0 Å². The summed E-state index contributed by atoms with van der Waals surface area (Å²) in [6.45, 7) is 3.55. The standard InChI is InChI=1S/C15H15NO4/c1-9-5-11(3-4-14(18)19)8-12(6-9)16-13(17)7-10(2)15(16)20/h3-6,8,10H,7H2,1-2H3,(H,18,19)/b4-3+. The molecule has 1 N–H and O–H groups in total. The van der Waals surface area contributed by atoms with E-state index < -0.39 is 5.97 Å². The molecule has 1 aromatic rings. The summed E-state index contributed by atoms with van der Waals surface area (Å²) in [4.78, 5) is 35.6. The van der Waals surface area contributed by atoms with Crippen molar-refractivity contribution >= 4 is 29.5 Å². The Kier molecular flexibility index (Phi) is 3.70. The third-order valence-corrected chi connectivity index (χ3v) is 3.13. The van der Waals surface area contributed by atoms with E-state index in [1.54, 1.807) is 25.1 Å². The highest BCUT2D eigenvalue weighted by Crippen LogP contribution is 2.28. The fourth-order valence-electron chi connectivity index (χ4n) is 2.24. The summed E-state index contributed by atoms with van der Waals surface area (Å²) in [5, 5.41) is 8.64. The fraction of sp³-hybridized carbons (Fsp3) is 0.267. The van der Waals surface area contributed by atoms with Gasteiger partial charge in [-0.15, -0.1) is 0 Å². The van der Waals surface area contributed by atoms with Gasteiger partial charge in [0, 0.05) is 18.4 Å². The Morgan fingerprint density at radius 2 is 2.05 bits per heavy atom. The third kappa shape index (κ3) is 2.77. The van der Waals surface area contributed by atoms with Crippen molar-refractivity contribution in [1.82, 2.24) is 0 Å². The molecule has 1 aromatic carbocycles. The Morgan fingerprint density at radius 1 is 1.35 bits per heavy atom. The second-order valence-corrected chi connectivity index (χ2v) is 4.95. The molecule has 1 aliphatic heterocycles. The van der Waals surface area contributed by atoms with Gasteiger partial charge in [0.05, 0.1) is 5.69 Å². The highest BCUT2D eigenvalue weighted by Gasteiger charge is 2.36. The lowest BCUT2D eigenvalue weighted by Crippen LogP contribution is -2.30. The average Bonchev–Trinajstić information content (AvgIpc) is 2.60. The molecule has 20 heavy (non-hydrogen) atoms. The molecule has 2 rings (SSSR count). The molecule has 1 saturated heterocycles. The number of aryl methyl sites for hydroxylation is 1. The highest BCUT2D eigenvalue weighted by molar-refractivity contribution is 6.20. The van der Waals surface area contributed by atoms with Crippen LogP contribution in [0.5, 0.6) is 0 Å². The van der Waals surface area contributed by atoms with Crippen molar-refractivity contribution in [3.8, 4) is 0 Å². The Bertz CT molecular complexity index is 618. The maximum atomic E-state index is 12.0. The first-order valence-electron chi connectivity index (χ1n) is 6.28. The van der Waals surface area contributed by atoms with Crippen LogP contribution in [0.3, 0.4) is 0 Å². The van der Waals surface area contributed by atoms with Crippen LogP contribution < -0.4 is 4.90 Å². The van der Waals surface area contributed by atoms with E-state index in [9.17, 15) is 14.4 Å². The number of amides is 2. The first-order valence-corrected chi connectivity index (χ1v) is 6.28. The molecule has 0 radical (unpaired) electrons. The molecule has 5 nitrogen and oxygen atoms in total. The zero-order valence-corrected chi connectivity index (χ0v) is 11.3. The molecule has 0 aromatic heterocycles. The molecule has 2 amide bonds. The van der Waals surface area contributed by atoms with Crippen molar-refractivity contribution in [2.45, 2.75) is 20.3 Å². The maximum absolute atomic E-state index is 12.0. The van der Waals surface area contributed by atoms with Crippen LogP contribution in [0.2, 0.25) is 0 Å². The number of carbonyl (C=O) groups is 3. The minimum absolute atomic E-state index is 0.214. The largest absolute Gasteiger partial charge is 0.478 e. The van der Waals surface area contributed by atoms with E-state index in [1.807, 2.05) is 6.92 Å². The second kappa shape index (κ2) is 5.28. The molecule has 1 heterocycles. The van der Waals surface area contributed by atoms with Gasteiger partial charge in [-0.1, -0.05) is 13.0 Å². The Hall–Kier alpha value is -2.43. The summed E-state index contributed by atoms with van der Waals surface area (Å²) in [5.74, 6) is -1.79. The number of hydrogen-bond donors (Lipinski definition) is 1. The summed E-state index contributed by atoms with van der Waals surface area (Å²) in [5.41, 5.74) is 1.99. The molecule has 1 aliphatic rings. The molecule has 5 heteroatoms. The van der Waals surface area contributed by atoms with Gasteiger partial charge in [0.15, 0.2) is 0 Å². The molecule has 0 aliphatic carbocycles. The van der Waals surface area contributed by atoms with Crippen LogP contribution in [-0.2, 0) is 14.4 Å². The predicted octanol–water partition coefficient (Wildman–Crippen LogP) is 1.99. The van der Waals surface area contributed by atoms with Gasteiger partial charge in [0.1, 0.15) is 0 Å². The minimum atomic E-state index is -1.05. The first-order chi connectivity index (χ1) is 9.38. The minimum Gasteiger partial charge on any atom is -0.478 e. The number of carboxylic acids is 1. The number of imide groups is 1. The Labute approximate surface area is 116 Å². The van der Waals surface area contributed by atoms with Crippen molar-refractivity contribution in [3.63, 3.8) is 0 Å². The van der Waals surface area contributed by atoms with Gasteiger partial charge in [0.25, 0.3) is 0 Å². The van der Waals surface area contributed by atoms with Gasteiger partial charge in [-0.3, -0.25) is 14.5 Å².